The molecule has 0 aromatic heterocycles. The minimum absolute atomic E-state index is 1.69. The fourth-order valence-corrected chi connectivity index (χ4v) is 0.388. The Balaban J connectivity index is 3.35. The van der Waals surface area contributed by atoms with Gasteiger partial charge in [0.2, 0.25) is 0 Å². The standard InChI is InChI=1S/C7H10S/c1-2-3-4-5-6-7-8/h2-8H,1H3/b3-2+,5-4+,7-6-. The lowest BCUT2D eigenvalue weighted by atomic mass is 10.4. The molecule has 0 N–H and O–H groups in total. The zero-order valence-electron chi connectivity index (χ0n) is 4.91. The molecule has 1 heteroatoms. The molecule has 0 amide bonds. The molecule has 0 aromatic rings. The van der Waals surface area contributed by atoms with Crippen LogP contribution in [0, 0.1) is 0 Å². The Kier molecular flexibility index (Phi) is 6.22. The summed E-state index contributed by atoms with van der Waals surface area (Å²) in [6.45, 7) is 1.98. The summed E-state index contributed by atoms with van der Waals surface area (Å²) >= 11 is 3.87. The lowest BCUT2D eigenvalue weighted by molar-refractivity contribution is 1.73. The molecule has 0 radical (unpaired) electrons. The van der Waals surface area contributed by atoms with Crippen LogP contribution in [0.3, 0.4) is 0 Å². The first-order valence-corrected chi connectivity index (χ1v) is 3.02. The molecule has 0 rings (SSSR count). The van der Waals surface area contributed by atoms with Crippen molar-refractivity contribution in [3.8, 4) is 0 Å². The first-order chi connectivity index (χ1) is 3.91. The van der Waals surface area contributed by atoms with Gasteiger partial charge in [0.25, 0.3) is 0 Å². The summed E-state index contributed by atoms with van der Waals surface area (Å²) < 4.78 is 0. The number of thiol groups is 1. The third kappa shape index (κ3) is 5.57. The molecule has 0 aliphatic rings. The number of hydrogen-bond acceptors (Lipinski definition) is 1. The minimum Gasteiger partial charge on any atom is -0.151 e. The number of rotatable bonds is 2. The molecule has 0 atom stereocenters. The molecule has 8 heavy (non-hydrogen) atoms. The van der Waals surface area contributed by atoms with Gasteiger partial charge in [-0.25, -0.2) is 0 Å². The van der Waals surface area contributed by atoms with Crippen LogP contribution in [0.4, 0.5) is 0 Å². The van der Waals surface area contributed by atoms with E-state index >= 15 is 0 Å². The normalized spacial score (nSPS) is 12.8. The fraction of sp³-hybridized carbons (Fsp3) is 0.143. The Morgan fingerprint density at radius 2 is 1.62 bits per heavy atom. The first kappa shape index (κ1) is 7.57. The van der Waals surface area contributed by atoms with Crippen LogP contribution in [0.15, 0.2) is 35.8 Å². The van der Waals surface area contributed by atoms with Crippen LogP contribution in [0.2, 0.25) is 0 Å². The largest absolute Gasteiger partial charge is 0.151 e. The molecule has 0 fully saturated rings. The third-order valence-corrected chi connectivity index (χ3v) is 0.784. The van der Waals surface area contributed by atoms with Crippen molar-refractivity contribution >= 4 is 12.6 Å². The zero-order chi connectivity index (χ0) is 6.24. The molecule has 0 bridgehead atoms. The van der Waals surface area contributed by atoms with E-state index in [0.29, 0.717) is 0 Å². The van der Waals surface area contributed by atoms with Gasteiger partial charge in [-0.1, -0.05) is 30.4 Å². The van der Waals surface area contributed by atoms with Gasteiger partial charge in [-0.15, -0.1) is 0 Å². The maximum atomic E-state index is 3.87. The van der Waals surface area contributed by atoms with Gasteiger partial charge < -0.3 is 0 Å². The van der Waals surface area contributed by atoms with Crippen LogP contribution >= 0.6 is 12.6 Å². The van der Waals surface area contributed by atoms with E-state index in [0.717, 1.165) is 0 Å². The maximum absolute atomic E-state index is 3.87. The van der Waals surface area contributed by atoms with Crippen molar-refractivity contribution in [2.45, 2.75) is 6.92 Å². The highest BCUT2D eigenvalue weighted by atomic mass is 32.1. The van der Waals surface area contributed by atoms with E-state index in [4.69, 9.17) is 0 Å². The van der Waals surface area contributed by atoms with E-state index in [1.165, 1.54) is 0 Å². The van der Waals surface area contributed by atoms with Crippen molar-refractivity contribution in [3.05, 3.63) is 35.8 Å². The average molecular weight is 126 g/mol. The van der Waals surface area contributed by atoms with Gasteiger partial charge in [-0.05, 0) is 12.3 Å². The van der Waals surface area contributed by atoms with Crippen molar-refractivity contribution in [1.82, 2.24) is 0 Å². The monoisotopic (exact) mass is 126 g/mol. The van der Waals surface area contributed by atoms with E-state index in [9.17, 15) is 0 Å². The minimum atomic E-state index is 1.69. The molecule has 44 valence electrons. The predicted molar refractivity (Wildman–Crippen MR) is 42.1 cm³/mol. The Bertz CT molecular complexity index is 95.6. The highest BCUT2D eigenvalue weighted by molar-refractivity contribution is 7.83. The first-order valence-electron chi connectivity index (χ1n) is 2.50. The van der Waals surface area contributed by atoms with Crippen molar-refractivity contribution in [2.75, 3.05) is 0 Å². The van der Waals surface area contributed by atoms with E-state index in [2.05, 4.69) is 12.6 Å². The van der Waals surface area contributed by atoms with E-state index in [-0.39, 0.29) is 0 Å². The van der Waals surface area contributed by atoms with Crippen LogP contribution in [0.25, 0.3) is 0 Å². The summed E-state index contributed by atoms with van der Waals surface area (Å²) in [6, 6.07) is 0. The second-order valence-corrected chi connectivity index (χ2v) is 1.55. The van der Waals surface area contributed by atoms with Crippen LogP contribution < -0.4 is 0 Å². The smallest absolute Gasteiger partial charge is 0.0324 e. The van der Waals surface area contributed by atoms with Gasteiger partial charge in [0.1, 0.15) is 0 Å². The molecule has 0 saturated carbocycles. The SMILES string of the molecule is C/C=C/C=C/C=C\S. The topological polar surface area (TPSA) is 0 Å². The lowest BCUT2D eigenvalue weighted by Crippen LogP contribution is -1.44. The Morgan fingerprint density at radius 3 is 2.12 bits per heavy atom. The van der Waals surface area contributed by atoms with E-state index in [1.807, 2.05) is 37.3 Å². The summed E-state index contributed by atoms with van der Waals surface area (Å²) in [7, 11) is 0. The third-order valence-electron chi connectivity index (χ3n) is 0.612. The van der Waals surface area contributed by atoms with Crippen LogP contribution in [0.1, 0.15) is 6.92 Å². The van der Waals surface area contributed by atoms with Gasteiger partial charge in [0, 0.05) is 0 Å². The maximum Gasteiger partial charge on any atom is -0.0324 e. The molecule has 0 spiro atoms. The van der Waals surface area contributed by atoms with Crippen molar-refractivity contribution in [2.24, 2.45) is 0 Å². The summed E-state index contributed by atoms with van der Waals surface area (Å²) in [5.74, 6) is 0. The van der Waals surface area contributed by atoms with Crippen molar-refractivity contribution in [1.29, 1.82) is 0 Å². The molecular formula is C7H10S. The quantitative estimate of drug-likeness (QED) is 0.426. The molecule has 0 nitrogen and oxygen atoms in total. The van der Waals surface area contributed by atoms with Gasteiger partial charge >= 0.3 is 0 Å². The van der Waals surface area contributed by atoms with Gasteiger partial charge in [0.15, 0.2) is 0 Å². The van der Waals surface area contributed by atoms with Gasteiger partial charge in [-0.2, -0.15) is 12.6 Å². The second-order valence-electron chi connectivity index (χ2n) is 1.25. The summed E-state index contributed by atoms with van der Waals surface area (Å²) in [5.41, 5.74) is 0. The van der Waals surface area contributed by atoms with Gasteiger partial charge in [-0.3, -0.25) is 0 Å². The highest BCUT2D eigenvalue weighted by Crippen LogP contribution is 1.80. The Morgan fingerprint density at radius 1 is 1.00 bits per heavy atom. The highest BCUT2D eigenvalue weighted by Gasteiger charge is 1.55. The van der Waals surface area contributed by atoms with Gasteiger partial charge in [0.05, 0.1) is 0 Å². The molecule has 0 aliphatic heterocycles. The zero-order valence-corrected chi connectivity index (χ0v) is 5.81. The van der Waals surface area contributed by atoms with E-state index < -0.39 is 0 Å². The molecule has 0 heterocycles. The summed E-state index contributed by atoms with van der Waals surface area (Å²) in [6.07, 6.45) is 9.68. The molecular weight excluding hydrogens is 116 g/mol. The molecule has 0 aromatic carbocycles. The average Bonchev–Trinajstić information content (AvgIpc) is 1.81. The fourth-order valence-electron chi connectivity index (χ4n) is 0.289. The Hall–Kier alpha value is -0.430. The molecule has 0 saturated heterocycles. The molecule has 0 unspecified atom stereocenters. The Labute approximate surface area is 56.0 Å². The number of hydrogen-bond donors (Lipinski definition) is 1. The summed E-state index contributed by atoms with van der Waals surface area (Å²) in [5, 5.41) is 1.69. The van der Waals surface area contributed by atoms with Crippen LogP contribution in [-0.4, -0.2) is 0 Å². The van der Waals surface area contributed by atoms with Crippen molar-refractivity contribution < 1.29 is 0 Å². The van der Waals surface area contributed by atoms with E-state index in [1.54, 1.807) is 5.41 Å². The van der Waals surface area contributed by atoms with Crippen LogP contribution in [0.5, 0.6) is 0 Å². The number of allylic oxidation sites excluding steroid dienone is 5. The predicted octanol–water partition coefficient (Wildman–Crippen LogP) is 2.56. The lowest BCUT2D eigenvalue weighted by Gasteiger charge is -1.67. The molecule has 0 aliphatic carbocycles. The van der Waals surface area contributed by atoms with Crippen LogP contribution in [-0.2, 0) is 0 Å². The summed E-state index contributed by atoms with van der Waals surface area (Å²) in [4.78, 5) is 0. The second kappa shape index (κ2) is 6.57. The van der Waals surface area contributed by atoms with Crippen molar-refractivity contribution in [3.63, 3.8) is 0 Å².